The number of nitrogens with one attached hydrogen (secondary N) is 1. The minimum Gasteiger partial charge on any atom is -0.493 e. The van der Waals surface area contributed by atoms with Crippen LogP contribution in [0.1, 0.15) is 0 Å². The summed E-state index contributed by atoms with van der Waals surface area (Å²) >= 11 is 0. The van der Waals surface area contributed by atoms with Crippen LogP contribution < -0.4 is 19.7 Å². The fourth-order valence-corrected chi connectivity index (χ4v) is 4.97. The maximum atomic E-state index is 13.3. The van der Waals surface area contributed by atoms with Gasteiger partial charge in [0.1, 0.15) is 0 Å². The van der Waals surface area contributed by atoms with Gasteiger partial charge in [-0.15, -0.1) is 12.4 Å². The van der Waals surface area contributed by atoms with E-state index in [0.29, 0.717) is 17.0 Å². The summed E-state index contributed by atoms with van der Waals surface area (Å²) in [6.45, 7) is 3.63. The van der Waals surface area contributed by atoms with Crippen LogP contribution in [0.25, 0.3) is 10.9 Å². The first-order chi connectivity index (χ1) is 13.6. The Balaban J connectivity index is 0.00000240. The van der Waals surface area contributed by atoms with Crippen molar-refractivity contribution in [1.82, 2.24) is 9.29 Å². The predicted molar refractivity (Wildman–Crippen MR) is 116 cm³/mol. The molecule has 9 heteroatoms. The third-order valence-electron chi connectivity index (χ3n) is 5.04. The molecular formula is C20H24ClN3O4S. The zero-order chi connectivity index (χ0) is 19.7. The van der Waals surface area contributed by atoms with Gasteiger partial charge in [-0.05, 0) is 30.3 Å². The Morgan fingerprint density at radius 2 is 1.69 bits per heavy atom. The maximum Gasteiger partial charge on any atom is 0.268 e. The van der Waals surface area contributed by atoms with E-state index in [1.54, 1.807) is 12.3 Å². The van der Waals surface area contributed by atoms with E-state index in [-0.39, 0.29) is 17.3 Å². The summed E-state index contributed by atoms with van der Waals surface area (Å²) in [5.74, 6) is 0.862. The van der Waals surface area contributed by atoms with Gasteiger partial charge in [0.25, 0.3) is 10.0 Å². The summed E-state index contributed by atoms with van der Waals surface area (Å²) < 4.78 is 38.4. The molecule has 1 saturated heterocycles. The maximum absolute atomic E-state index is 13.3. The standard InChI is InChI=1S/C20H23N3O4S.ClH/c1-26-19-7-6-15(14-20(19)27-2)28(24,25)23-11-8-16-17(4-3-5-18(16)23)22-12-9-21-10-13-22;/h3-8,11,14,21H,9-10,12-13H2,1-2H3;1H. The lowest BCUT2D eigenvalue weighted by molar-refractivity contribution is 0.354. The highest BCUT2D eigenvalue weighted by Gasteiger charge is 2.23. The molecule has 29 heavy (non-hydrogen) atoms. The van der Waals surface area contributed by atoms with E-state index in [1.807, 2.05) is 24.3 Å². The third-order valence-corrected chi connectivity index (χ3v) is 6.73. The number of halogens is 1. The lowest BCUT2D eigenvalue weighted by Gasteiger charge is -2.30. The number of rotatable bonds is 5. The van der Waals surface area contributed by atoms with Crippen LogP contribution in [-0.2, 0) is 10.0 Å². The fourth-order valence-electron chi connectivity index (χ4n) is 3.61. The Hall–Kier alpha value is -2.42. The Labute approximate surface area is 176 Å². The van der Waals surface area contributed by atoms with Crippen LogP contribution in [0.2, 0.25) is 0 Å². The van der Waals surface area contributed by atoms with Crippen molar-refractivity contribution in [2.24, 2.45) is 0 Å². The first kappa shape index (κ1) is 21.3. The van der Waals surface area contributed by atoms with Crippen molar-refractivity contribution >= 4 is 39.0 Å². The van der Waals surface area contributed by atoms with Gasteiger partial charge in [-0.3, -0.25) is 0 Å². The highest BCUT2D eigenvalue weighted by molar-refractivity contribution is 7.90. The number of aromatic nitrogens is 1. The zero-order valence-corrected chi connectivity index (χ0v) is 17.9. The third kappa shape index (κ3) is 3.75. The van der Waals surface area contributed by atoms with E-state index >= 15 is 0 Å². The molecule has 7 nitrogen and oxygen atoms in total. The van der Waals surface area contributed by atoms with Gasteiger partial charge in [-0.2, -0.15) is 0 Å². The second kappa shape index (κ2) is 8.52. The van der Waals surface area contributed by atoms with Gasteiger partial charge in [-0.1, -0.05) is 6.07 Å². The number of piperazine rings is 1. The molecule has 1 fully saturated rings. The molecule has 0 atom stereocenters. The molecule has 2 heterocycles. The average molecular weight is 438 g/mol. The van der Waals surface area contributed by atoms with Crippen molar-refractivity contribution in [3.63, 3.8) is 0 Å². The van der Waals surface area contributed by atoms with Gasteiger partial charge < -0.3 is 19.7 Å². The van der Waals surface area contributed by atoms with Crippen molar-refractivity contribution in [2.45, 2.75) is 4.90 Å². The zero-order valence-electron chi connectivity index (χ0n) is 16.3. The van der Waals surface area contributed by atoms with Crippen LogP contribution in [0.15, 0.2) is 53.6 Å². The Bertz CT molecular complexity index is 1110. The van der Waals surface area contributed by atoms with Gasteiger partial charge in [0, 0.05) is 49.5 Å². The summed E-state index contributed by atoms with van der Waals surface area (Å²) in [6.07, 6.45) is 1.61. The molecule has 0 spiro atoms. The first-order valence-electron chi connectivity index (χ1n) is 9.09. The number of fused-ring (bicyclic) bond motifs is 1. The molecule has 0 bridgehead atoms. The SMILES string of the molecule is COc1ccc(S(=O)(=O)n2ccc3c(N4CCNCC4)cccc32)cc1OC.Cl. The molecular weight excluding hydrogens is 414 g/mol. The molecule has 1 aliphatic heterocycles. The second-order valence-corrected chi connectivity index (χ2v) is 8.40. The minimum atomic E-state index is -3.78. The normalized spacial score (nSPS) is 14.5. The number of anilines is 1. The monoisotopic (exact) mass is 437 g/mol. The molecule has 2 aromatic carbocycles. The summed E-state index contributed by atoms with van der Waals surface area (Å²) in [5.41, 5.74) is 1.71. The molecule has 1 N–H and O–H groups in total. The average Bonchev–Trinajstić information content (AvgIpc) is 3.19. The molecule has 0 aliphatic carbocycles. The minimum absolute atomic E-state index is 0. The van der Waals surface area contributed by atoms with Gasteiger partial charge in [0.15, 0.2) is 11.5 Å². The quantitative estimate of drug-likeness (QED) is 0.661. The van der Waals surface area contributed by atoms with Crippen LogP contribution in [0.5, 0.6) is 11.5 Å². The topological polar surface area (TPSA) is 72.8 Å². The van der Waals surface area contributed by atoms with Crippen molar-refractivity contribution in [1.29, 1.82) is 0 Å². The lowest BCUT2D eigenvalue weighted by atomic mass is 10.2. The molecule has 0 amide bonds. The van der Waals surface area contributed by atoms with E-state index in [4.69, 9.17) is 9.47 Å². The summed E-state index contributed by atoms with van der Waals surface area (Å²) in [6, 6.07) is 12.3. The molecule has 156 valence electrons. The van der Waals surface area contributed by atoms with E-state index in [0.717, 1.165) is 37.3 Å². The summed E-state index contributed by atoms with van der Waals surface area (Å²) in [7, 11) is -0.775. The highest BCUT2D eigenvalue weighted by Crippen LogP contribution is 2.33. The van der Waals surface area contributed by atoms with Crippen LogP contribution >= 0.6 is 12.4 Å². The Kier molecular flexibility index (Phi) is 6.26. The van der Waals surface area contributed by atoms with Crippen LogP contribution in [-0.4, -0.2) is 52.8 Å². The molecule has 0 saturated carbocycles. The van der Waals surface area contributed by atoms with Crippen molar-refractivity contribution < 1.29 is 17.9 Å². The first-order valence-corrected chi connectivity index (χ1v) is 10.5. The molecule has 0 unspecified atom stereocenters. The highest BCUT2D eigenvalue weighted by atomic mass is 35.5. The van der Waals surface area contributed by atoms with Gasteiger partial charge >= 0.3 is 0 Å². The van der Waals surface area contributed by atoms with Gasteiger partial charge in [0.05, 0.1) is 24.6 Å². The smallest absolute Gasteiger partial charge is 0.268 e. The van der Waals surface area contributed by atoms with Crippen molar-refractivity contribution in [3.8, 4) is 11.5 Å². The van der Waals surface area contributed by atoms with Crippen molar-refractivity contribution in [2.75, 3.05) is 45.3 Å². The van der Waals surface area contributed by atoms with Gasteiger partial charge in [-0.25, -0.2) is 12.4 Å². The summed E-state index contributed by atoms with van der Waals surface area (Å²) in [5, 5.41) is 4.26. The van der Waals surface area contributed by atoms with E-state index in [1.165, 1.54) is 30.3 Å². The molecule has 4 rings (SSSR count). The Morgan fingerprint density at radius 1 is 0.966 bits per heavy atom. The molecule has 1 aliphatic rings. The van der Waals surface area contributed by atoms with Crippen LogP contribution in [0, 0.1) is 0 Å². The largest absolute Gasteiger partial charge is 0.493 e. The van der Waals surface area contributed by atoms with Gasteiger partial charge in [0.2, 0.25) is 0 Å². The Morgan fingerprint density at radius 3 is 2.38 bits per heavy atom. The lowest BCUT2D eigenvalue weighted by Crippen LogP contribution is -2.43. The number of nitrogens with zero attached hydrogens (tertiary/aromatic N) is 2. The molecule has 0 radical (unpaired) electrons. The molecule has 1 aromatic heterocycles. The molecule has 3 aromatic rings. The van der Waals surface area contributed by atoms with Crippen LogP contribution in [0.3, 0.4) is 0 Å². The number of hydrogen-bond donors (Lipinski definition) is 1. The number of methoxy groups -OCH3 is 2. The summed E-state index contributed by atoms with van der Waals surface area (Å²) in [4.78, 5) is 2.43. The predicted octanol–water partition coefficient (Wildman–Crippen LogP) is 2.73. The number of benzene rings is 2. The second-order valence-electron chi connectivity index (χ2n) is 6.58. The fraction of sp³-hybridized carbons (Fsp3) is 0.300. The number of hydrogen-bond acceptors (Lipinski definition) is 6. The van der Waals surface area contributed by atoms with Crippen LogP contribution in [0.4, 0.5) is 5.69 Å². The van der Waals surface area contributed by atoms with E-state index in [2.05, 4.69) is 10.2 Å². The van der Waals surface area contributed by atoms with Crippen molar-refractivity contribution in [3.05, 3.63) is 48.7 Å². The number of ether oxygens (including phenoxy) is 2. The van der Waals surface area contributed by atoms with E-state index in [9.17, 15) is 8.42 Å². The van der Waals surface area contributed by atoms with E-state index < -0.39 is 10.0 Å².